The van der Waals surface area contributed by atoms with Gasteiger partial charge in [0.15, 0.2) is 23.1 Å². The van der Waals surface area contributed by atoms with E-state index in [1.807, 2.05) is 72.8 Å². The first-order chi connectivity index (χ1) is 22.1. The molecule has 1 aliphatic rings. The van der Waals surface area contributed by atoms with Crippen LogP contribution in [0.3, 0.4) is 0 Å². The summed E-state index contributed by atoms with van der Waals surface area (Å²) < 4.78 is 35.1. The number of nitrogens with one attached hydrogen (secondary N) is 2. The number of nitrogens with zero attached hydrogens (tertiary/aromatic N) is 4. The minimum atomic E-state index is -0.342. The van der Waals surface area contributed by atoms with Gasteiger partial charge in [0, 0.05) is 18.9 Å². The summed E-state index contributed by atoms with van der Waals surface area (Å²) in [5.74, 6) is 5.25. The van der Waals surface area contributed by atoms with Crippen molar-refractivity contribution in [2.45, 2.75) is 38.8 Å². The zero-order valence-electron chi connectivity index (χ0n) is 24.5. The molecule has 1 fully saturated rings. The van der Waals surface area contributed by atoms with Crippen molar-refractivity contribution in [3.63, 3.8) is 0 Å². The lowest BCUT2D eigenvalue weighted by atomic mass is 10.3. The van der Waals surface area contributed by atoms with Crippen LogP contribution >= 0.6 is 0 Å². The lowest BCUT2D eigenvalue weighted by molar-refractivity contribution is 0.377. The van der Waals surface area contributed by atoms with Crippen LogP contribution in [0, 0.1) is 12.7 Å². The Labute approximate surface area is 259 Å². The molecule has 228 valence electrons. The van der Waals surface area contributed by atoms with Crippen LogP contribution in [0.5, 0.6) is 23.0 Å². The zero-order valence-corrected chi connectivity index (χ0v) is 24.5. The summed E-state index contributed by atoms with van der Waals surface area (Å²) in [7, 11) is 0. The Bertz CT molecular complexity index is 1820. The van der Waals surface area contributed by atoms with E-state index in [2.05, 4.69) is 30.9 Å². The number of ether oxygens (including phenoxy) is 2. The predicted molar refractivity (Wildman–Crippen MR) is 166 cm³/mol. The molecule has 2 aromatic heterocycles. The van der Waals surface area contributed by atoms with Gasteiger partial charge >= 0.3 is 0 Å². The molecular formula is C34H31FN6O4. The molecule has 0 atom stereocenters. The van der Waals surface area contributed by atoms with Gasteiger partial charge in [0.05, 0.1) is 24.5 Å². The van der Waals surface area contributed by atoms with E-state index in [0.29, 0.717) is 48.1 Å². The average molecular weight is 607 g/mol. The summed E-state index contributed by atoms with van der Waals surface area (Å²) in [4.78, 5) is 8.54. The molecule has 2 N–H and O–H groups in total. The summed E-state index contributed by atoms with van der Waals surface area (Å²) in [6.07, 6.45) is 2.33. The van der Waals surface area contributed by atoms with Crippen LogP contribution in [0.2, 0.25) is 0 Å². The van der Waals surface area contributed by atoms with E-state index in [9.17, 15) is 4.39 Å². The largest absolute Gasteiger partial charge is 0.455 e. The van der Waals surface area contributed by atoms with E-state index in [0.717, 1.165) is 28.7 Å². The van der Waals surface area contributed by atoms with E-state index >= 15 is 0 Å². The van der Waals surface area contributed by atoms with E-state index in [-0.39, 0.29) is 5.82 Å². The van der Waals surface area contributed by atoms with Crippen molar-refractivity contribution in [3.8, 4) is 23.0 Å². The molecule has 11 heteroatoms. The quantitative estimate of drug-likeness (QED) is 0.149. The van der Waals surface area contributed by atoms with Crippen molar-refractivity contribution in [3.05, 3.63) is 132 Å². The van der Waals surface area contributed by atoms with E-state index < -0.39 is 0 Å². The molecule has 0 spiro atoms. The van der Waals surface area contributed by atoms with Crippen molar-refractivity contribution in [2.75, 3.05) is 10.6 Å². The van der Waals surface area contributed by atoms with Gasteiger partial charge in [-0.05, 0) is 61.4 Å². The predicted octanol–water partition coefficient (Wildman–Crippen LogP) is 8.27. The number of rotatable bonds is 11. The Balaban J connectivity index is 0.000000159. The molecule has 0 aliphatic heterocycles. The fourth-order valence-corrected chi connectivity index (χ4v) is 4.28. The van der Waals surface area contributed by atoms with Gasteiger partial charge in [-0.25, -0.2) is 4.39 Å². The maximum atomic E-state index is 13.2. The highest BCUT2D eigenvalue weighted by molar-refractivity contribution is 5.58. The van der Waals surface area contributed by atoms with Gasteiger partial charge in [0.25, 0.3) is 0 Å². The SMILES string of the molecule is Cc1nc(CNc2ccccc2Oc2cccc(F)c2)no1.c1ccc(Oc2ccccc2NCc2nc(C3CC3)no2)cc1. The maximum absolute atomic E-state index is 13.2. The van der Waals surface area contributed by atoms with Crippen LogP contribution in [-0.4, -0.2) is 20.3 Å². The van der Waals surface area contributed by atoms with Gasteiger partial charge in [0.1, 0.15) is 17.3 Å². The van der Waals surface area contributed by atoms with Crippen molar-refractivity contribution >= 4 is 11.4 Å². The van der Waals surface area contributed by atoms with E-state index in [1.54, 1.807) is 25.1 Å². The molecule has 4 aromatic carbocycles. The molecule has 7 rings (SSSR count). The molecular weight excluding hydrogens is 575 g/mol. The highest BCUT2D eigenvalue weighted by Gasteiger charge is 2.28. The topological polar surface area (TPSA) is 120 Å². The van der Waals surface area contributed by atoms with E-state index in [4.69, 9.17) is 18.5 Å². The minimum absolute atomic E-state index is 0.342. The van der Waals surface area contributed by atoms with Crippen LogP contribution in [-0.2, 0) is 13.1 Å². The van der Waals surface area contributed by atoms with Crippen LogP contribution < -0.4 is 20.1 Å². The molecule has 0 unspecified atom stereocenters. The lowest BCUT2D eigenvalue weighted by Crippen LogP contribution is -2.02. The number of aryl methyl sites for hydroxylation is 1. The molecule has 0 bridgehead atoms. The second kappa shape index (κ2) is 14.2. The van der Waals surface area contributed by atoms with Crippen LogP contribution in [0.25, 0.3) is 0 Å². The van der Waals surface area contributed by atoms with Gasteiger partial charge < -0.3 is 29.2 Å². The Kier molecular flexibility index (Phi) is 9.25. The third-order valence-corrected chi connectivity index (χ3v) is 6.63. The van der Waals surface area contributed by atoms with Crippen LogP contribution in [0.4, 0.5) is 15.8 Å². The van der Waals surface area contributed by atoms with Crippen LogP contribution in [0.1, 0.15) is 42.2 Å². The molecule has 1 saturated carbocycles. The second-order valence-electron chi connectivity index (χ2n) is 10.2. The monoisotopic (exact) mass is 606 g/mol. The smallest absolute Gasteiger partial charge is 0.245 e. The van der Waals surface area contributed by atoms with Gasteiger partial charge in [-0.15, -0.1) is 0 Å². The van der Waals surface area contributed by atoms with Crippen molar-refractivity contribution in [2.24, 2.45) is 0 Å². The fraction of sp³-hybridized carbons (Fsp3) is 0.176. The first kappa shape index (κ1) is 29.4. The normalized spacial score (nSPS) is 12.1. The summed E-state index contributed by atoms with van der Waals surface area (Å²) in [6.45, 7) is 2.62. The standard InChI is InChI=1S/C18H17N3O2.C16H14FN3O2/c1-2-6-14(7-3-1)22-16-9-5-4-8-15(16)19-12-17-20-18(21-23-17)13-10-11-13;1-11-19-16(20-22-11)10-18-14-7-2-3-8-15(14)21-13-6-4-5-12(17)9-13/h1-9,13,19H,10-12H2;2-9,18H,10H2,1H3. The Morgan fingerprint density at radius 2 is 1.36 bits per heavy atom. The summed E-state index contributed by atoms with van der Waals surface area (Å²) in [5, 5.41) is 14.3. The lowest BCUT2D eigenvalue weighted by Gasteiger charge is -2.12. The second-order valence-corrected chi connectivity index (χ2v) is 10.2. The Morgan fingerprint density at radius 1 is 0.711 bits per heavy atom. The molecule has 45 heavy (non-hydrogen) atoms. The summed E-state index contributed by atoms with van der Waals surface area (Å²) >= 11 is 0. The number of benzene rings is 4. The van der Waals surface area contributed by atoms with Gasteiger partial charge in [-0.2, -0.15) is 9.97 Å². The zero-order chi connectivity index (χ0) is 30.8. The van der Waals surface area contributed by atoms with Gasteiger partial charge in [-0.1, -0.05) is 58.8 Å². The Morgan fingerprint density at radius 3 is 2.02 bits per heavy atom. The van der Waals surface area contributed by atoms with Crippen molar-refractivity contribution in [1.82, 2.24) is 20.3 Å². The minimum Gasteiger partial charge on any atom is -0.455 e. The highest BCUT2D eigenvalue weighted by atomic mass is 19.1. The Hall–Kier alpha value is -5.71. The summed E-state index contributed by atoms with van der Waals surface area (Å²) in [6, 6.07) is 30.9. The van der Waals surface area contributed by atoms with Gasteiger partial charge in [0.2, 0.25) is 11.8 Å². The van der Waals surface area contributed by atoms with Crippen LogP contribution in [0.15, 0.2) is 112 Å². The number of aromatic nitrogens is 4. The first-order valence-corrected chi connectivity index (χ1v) is 14.5. The molecule has 0 radical (unpaired) electrons. The average Bonchev–Trinajstić information content (AvgIpc) is 3.65. The molecule has 0 amide bonds. The number of halogens is 1. The van der Waals surface area contributed by atoms with E-state index in [1.165, 1.54) is 25.0 Å². The first-order valence-electron chi connectivity index (χ1n) is 14.5. The number of hydrogen-bond donors (Lipinski definition) is 2. The maximum Gasteiger partial charge on any atom is 0.245 e. The molecule has 10 nitrogen and oxygen atoms in total. The fourth-order valence-electron chi connectivity index (χ4n) is 4.28. The number of para-hydroxylation sites is 5. The summed E-state index contributed by atoms with van der Waals surface area (Å²) in [5.41, 5.74) is 1.65. The van der Waals surface area contributed by atoms with Gasteiger partial charge in [-0.3, -0.25) is 0 Å². The van der Waals surface area contributed by atoms with Crippen molar-refractivity contribution < 1.29 is 22.9 Å². The molecule has 2 heterocycles. The molecule has 6 aromatic rings. The number of hydrogen-bond acceptors (Lipinski definition) is 10. The third kappa shape index (κ3) is 8.44. The highest BCUT2D eigenvalue weighted by Crippen LogP contribution is 2.38. The van der Waals surface area contributed by atoms with Crippen molar-refractivity contribution in [1.29, 1.82) is 0 Å². The molecule has 0 saturated heterocycles. The number of anilines is 2. The molecule has 1 aliphatic carbocycles. The third-order valence-electron chi connectivity index (χ3n) is 6.63.